The molecule has 6 nitrogen and oxygen atoms in total. The van der Waals surface area contributed by atoms with Crippen LogP contribution in [0.25, 0.3) is 0 Å². The van der Waals surface area contributed by atoms with Crippen LogP contribution in [-0.4, -0.2) is 43.1 Å². The van der Waals surface area contributed by atoms with Crippen LogP contribution in [0.5, 0.6) is 0 Å². The van der Waals surface area contributed by atoms with Gasteiger partial charge in [-0.3, -0.25) is 4.79 Å². The summed E-state index contributed by atoms with van der Waals surface area (Å²) in [6.45, 7) is 7.62. The highest BCUT2D eigenvalue weighted by Crippen LogP contribution is 2.21. The van der Waals surface area contributed by atoms with E-state index in [1.165, 1.54) is 11.3 Å². The molecule has 1 atom stereocenters. The SMILES string of the molecule is Cc1cccc(N2CCN(c3ccc(NC(=O)C(C)N)nc3)CC2)c1. The molecule has 132 valence electrons. The molecule has 3 rings (SSSR count). The number of nitrogens with one attached hydrogen (secondary N) is 1. The van der Waals surface area contributed by atoms with E-state index < -0.39 is 6.04 Å². The Labute approximate surface area is 148 Å². The number of nitrogens with zero attached hydrogens (tertiary/aromatic N) is 3. The quantitative estimate of drug-likeness (QED) is 0.891. The average Bonchev–Trinajstić information content (AvgIpc) is 2.62. The number of amides is 1. The van der Waals surface area contributed by atoms with Crippen molar-refractivity contribution in [2.45, 2.75) is 19.9 Å². The maximum absolute atomic E-state index is 11.6. The van der Waals surface area contributed by atoms with Crippen molar-refractivity contribution in [3.8, 4) is 0 Å². The van der Waals surface area contributed by atoms with Gasteiger partial charge >= 0.3 is 0 Å². The zero-order chi connectivity index (χ0) is 17.8. The summed E-state index contributed by atoms with van der Waals surface area (Å²) in [5.74, 6) is 0.302. The Morgan fingerprint density at radius 3 is 2.36 bits per heavy atom. The van der Waals surface area contributed by atoms with Gasteiger partial charge in [-0.2, -0.15) is 0 Å². The van der Waals surface area contributed by atoms with Gasteiger partial charge in [0.1, 0.15) is 5.82 Å². The van der Waals surface area contributed by atoms with Crippen LogP contribution in [0.3, 0.4) is 0 Å². The standard InChI is InChI=1S/C19H25N5O/c1-14-4-3-5-16(12-14)23-8-10-24(11-9-23)17-6-7-18(21-13-17)22-19(25)15(2)20/h3-7,12-13,15H,8-11,20H2,1-2H3,(H,21,22,25). The van der Waals surface area contributed by atoms with Crippen molar-refractivity contribution in [2.24, 2.45) is 5.73 Å². The summed E-state index contributed by atoms with van der Waals surface area (Å²) in [5, 5.41) is 2.70. The van der Waals surface area contributed by atoms with Crippen molar-refractivity contribution in [3.63, 3.8) is 0 Å². The number of carbonyl (C=O) groups is 1. The number of hydrogen-bond acceptors (Lipinski definition) is 5. The minimum Gasteiger partial charge on any atom is -0.368 e. The highest BCUT2D eigenvalue weighted by Gasteiger charge is 2.18. The summed E-state index contributed by atoms with van der Waals surface area (Å²) < 4.78 is 0. The van der Waals surface area contributed by atoms with Gasteiger partial charge in [-0.25, -0.2) is 4.98 Å². The summed E-state index contributed by atoms with van der Waals surface area (Å²) in [7, 11) is 0. The summed E-state index contributed by atoms with van der Waals surface area (Å²) in [5.41, 5.74) is 9.19. The van der Waals surface area contributed by atoms with Gasteiger partial charge in [0.2, 0.25) is 5.91 Å². The fraction of sp³-hybridized carbons (Fsp3) is 0.368. The lowest BCUT2D eigenvalue weighted by molar-refractivity contribution is -0.117. The Bertz CT molecular complexity index is 721. The van der Waals surface area contributed by atoms with Gasteiger partial charge in [-0.15, -0.1) is 0 Å². The first-order valence-corrected chi connectivity index (χ1v) is 8.62. The lowest BCUT2D eigenvalue weighted by Gasteiger charge is -2.37. The van der Waals surface area contributed by atoms with E-state index in [1.807, 2.05) is 12.1 Å². The van der Waals surface area contributed by atoms with Gasteiger partial charge in [0, 0.05) is 31.9 Å². The predicted octanol–water partition coefficient (Wildman–Crippen LogP) is 2.00. The number of aryl methyl sites for hydroxylation is 1. The van der Waals surface area contributed by atoms with E-state index in [2.05, 4.69) is 51.3 Å². The van der Waals surface area contributed by atoms with Gasteiger partial charge in [-0.1, -0.05) is 12.1 Å². The van der Waals surface area contributed by atoms with Crippen LogP contribution in [0, 0.1) is 6.92 Å². The molecule has 1 aromatic heterocycles. The molecular weight excluding hydrogens is 314 g/mol. The third kappa shape index (κ3) is 4.28. The first-order chi connectivity index (χ1) is 12.0. The number of aromatic nitrogens is 1. The van der Waals surface area contributed by atoms with Crippen LogP contribution in [0.1, 0.15) is 12.5 Å². The van der Waals surface area contributed by atoms with Crippen LogP contribution in [0.2, 0.25) is 0 Å². The number of anilines is 3. The number of nitrogens with two attached hydrogens (primary N) is 1. The van der Waals surface area contributed by atoms with Crippen LogP contribution in [-0.2, 0) is 4.79 Å². The average molecular weight is 339 g/mol. The Morgan fingerprint density at radius 1 is 1.12 bits per heavy atom. The largest absolute Gasteiger partial charge is 0.368 e. The second-order valence-corrected chi connectivity index (χ2v) is 6.49. The van der Waals surface area contributed by atoms with E-state index >= 15 is 0 Å². The zero-order valence-electron chi connectivity index (χ0n) is 14.8. The van der Waals surface area contributed by atoms with E-state index in [9.17, 15) is 4.79 Å². The fourth-order valence-electron chi connectivity index (χ4n) is 2.93. The normalized spacial score (nSPS) is 15.8. The van der Waals surface area contributed by atoms with E-state index in [0.717, 1.165) is 31.9 Å². The molecule has 0 aliphatic carbocycles. The van der Waals surface area contributed by atoms with Crippen LogP contribution < -0.4 is 20.9 Å². The molecule has 1 unspecified atom stereocenters. The van der Waals surface area contributed by atoms with E-state index in [1.54, 1.807) is 13.1 Å². The summed E-state index contributed by atoms with van der Waals surface area (Å²) in [6.07, 6.45) is 1.80. The molecule has 0 spiro atoms. The van der Waals surface area contributed by atoms with Crippen molar-refractivity contribution in [3.05, 3.63) is 48.2 Å². The molecule has 0 bridgehead atoms. The zero-order valence-corrected chi connectivity index (χ0v) is 14.8. The maximum Gasteiger partial charge on any atom is 0.242 e. The highest BCUT2D eigenvalue weighted by molar-refractivity contribution is 5.93. The maximum atomic E-state index is 11.6. The monoisotopic (exact) mass is 339 g/mol. The smallest absolute Gasteiger partial charge is 0.242 e. The second-order valence-electron chi connectivity index (χ2n) is 6.49. The number of carbonyl (C=O) groups excluding carboxylic acids is 1. The van der Waals surface area contributed by atoms with Gasteiger partial charge in [0.05, 0.1) is 17.9 Å². The number of hydrogen-bond donors (Lipinski definition) is 2. The molecule has 3 N–H and O–H groups in total. The lowest BCUT2D eigenvalue weighted by atomic mass is 10.2. The number of benzene rings is 1. The first kappa shape index (κ1) is 17.2. The van der Waals surface area contributed by atoms with Crippen molar-refractivity contribution in [2.75, 3.05) is 41.3 Å². The summed E-state index contributed by atoms with van der Waals surface area (Å²) >= 11 is 0. The Kier molecular flexibility index (Phi) is 5.19. The number of pyridine rings is 1. The first-order valence-electron chi connectivity index (χ1n) is 8.62. The minimum atomic E-state index is -0.545. The Hall–Kier alpha value is -2.60. The molecule has 1 aliphatic heterocycles. The molecule has 2 aromatic rings. The van der Waals surface area contributed by atoms with Crippen molar-refractivity contribution >= 4 is 23.1 Å². The van der Waals surface area contributed by atoms with Crippen molar-refractivity contribution in [1.29, 1.82) is 0 Å². The highest BCUT2D eigenvalue weighted by atomic mass is 16.2. The molecule has 1 saturated heterocycles. The topological polar surface area (TPSA) is 74.5 Å². The van der Waals surface area contributed by atoms with Gasteiger partial charge in [-0.05, 0) is 43.7 Å². The molecule has 25 heavy (non-hydrogen) atoms. The minimum absolute atomic E-state index is 0.230. The third-order valence-electron chi connectivity index (χ3n) is 4.42. The number of piperazine rings is 1. The fourth-order valence-corrected chi connectivity index (χ4v) is 2.93. The van der Waals surface area contributed by atoms with Gasteiger partial charge in [0.15, 0.2) is 0 Å². The number of rotatable bonds is 4. The van der Waals surface area contributed by atoms with Crippen molar-refractivity contribution < 1.29 is 4.79 Å². The van der Waals surface area contributed by atoms with E-state index in [0.29, 0.717) is 5.82 Å². The van der Waals surface area contributed by atoms with Gasteiger partial charge < -0.3 is 20.9 Å². The molecule has 1 fully saturated rings. The molecule has 1 aromatic carbocycles. The van der Waals surface area contributed by atoms with E-state index in [4.69, 9.17) is 5.73 Å². The van der Waals surface area contributed by atoms with Crippen molar-refractivity contribution in [1.82, 2.24) is 4.98 Å². The lowest BCUT2D eigenvalue weighted by Crippen LogP contribution is -2.46. The van der Waals surface area contributed by atoms with Crippen LogP contribution in [0.15, 0.2) is 42.6 Å². The Morgan fingerprint density at radius 2 is 1.80 bits per heavy atom. The molecule has 1 amide bonds. The molecule has 0 radical (unpaired) electrons. The Balaban J connectivity index is 1.58. The molecular formula is C19H25N5O. The molecule has 6 heteroatoms. The van der Waals surface area contributed by atoms with Crippen LogP contribution >= 0.6 is 0 Å². The van der Waals surface area contributed by atoms with E-state index in [-0.39, 0.29) is 5.91 Å². The molecule has 0 saturated carbocycles. The predicted molar refractivity (Wildman–Crippen MR) is 102 cm³/mol. The summed E-state index contributed by atoms with van der Waals surface area (Å²) in [6, 6.07) is 11.9. The molecule has 2 heterocycles. The van der Waals surface area contributed by atoms with Crippen LogP contribution in [0.4, 0.5) is 17.2 Å². The molecule has 1 aliphatic rings. The van der Waals surface area contributed by atoms with Gasteiger partial charge in [0.25, 0.3) is 0 Å². The third-order valence-corrected chi connectivity index (χ3v) is 4.42. The second kappa shape index (κ2) is 7.53. The summed E-state index contributed by atoms with van der Waals surface area (Å²) in [4.78, 5) is 20.7.